The summed E-state index contributed by atoms with van der Waals surface area (Å²) >= 11 is 0. The van der Waals surface area contributed by atoms with E-state index in [-0.39, 0.29) is 5.82 Å². The van der Waals surface area contributed by atoms with Crippen LogP contribution >= 0.6 is 0 Å². The molecule has 0 saturated carbocycles. The van der Waals surface area contributed by atoms with E-state index in [0.29, 0.717) is 11.4 Å². The van der Waals surface area contributed by atoms with E-state index in [4.69, 9.17) is 5.73 Å². The molecule has 0 aliphatic heterocycles. The molecule has 72 valence electrons. The Hall–Kier alpha value is -1.25. The maximum atomic E-state index is 13.3. The number of anilines is 2. The Morgan fingerprint density at radius 1 is 1.46 bits per heavy atom. The van der Waals surface area contributed by atoms with Gasteiger partial charge in [0.15, 0.2) is 0 Å². The minimum absolute atomic E-state index is 0.254. The number of nitrogens with two attached hydrogens (primary N) is 1. The van der Waals surface area contributed by atoms with Crippen molar-refractivity contribution in [1.29, 1.82) is 0 Å². The van der Waals surface area contributed by atoms with Crippen molar-refractivity contribution in [2.24, 2.45) is 0 Å². The largest absolute Gasteiger partial charge is 0.399 e. The van der Waals surface area contributed by atoms with E-state index >= 15 is 0 Å². The van der Waals surface area contributed by atoms with Crippen LogP contribution in [0.3, 0.4) is 0 Å². The molecule has 3 heteroatoms. The maximum Gasteiger partial charge on any atom is 0.148 e. The zero-order chi connectivity index (χ0) is 9.84. The SMILES string of the molecule is CCCN(C)c1ccc(N)cc1F. The number of halogens is 1. The Morgan fingerprint density at radius 2 is 2.15 bits per heavy atom. The van der Waals surface area contributed by atoms with Crippen LogP contribution in [0.15, 0.2) is 18.2 Å². The third-order valence-corrected chi connectivity index (χ3v) is 1.94. The monoisotopic (exact) mass is 182 g/mol. The average Bonchev–Trinajstić information content (AvgIpc) is 2.04. The Morgan fingerprint density at radius 3 is 2.69 bits per heavy atom. The molecule has 1 aromatic carbocycles. The lowest BCUT2D eigenvalue weighted by atomic mass is 10.2. The van der Waals surface area contributed by atoms with E-state index in [1.165, 1.54) is 6.07 Å². The Labute approximate surface area is 78.2 Å². The number of benzene rings is 1. The minimum atomic E-state index is -0.254. The molecule has 0 fully saturated rings. The van der Waals surface area contributed by atoms with Crippen LogP contribution in [-0.2, 0) is 0 Å². The first-order valence-corrected chi connectivity index (χ1v) is 4.41. The fourth-order valence-corrected chi connectivity index (χ4v) is 1.29. The quantitative estimate of drug-likeness (QED) is 0.726. The Bertz CT molecular complexity index is 286. The summed E-state index contributed by atoms with van der Waals surface area (Å²) < 4.78 is 13.3. The molecule has 13 heavy (non-hydrogen) atoms. The summed E-state index contributed by atoms with van der Waals surface area (Å²) in [5, 5.41) is 0. The van der Waals surface area contributed by atoms with Crippen LogP contribution in [0.5, 0.6) is 0 Å². The van der Waals surface area contributed by atoms with Gasteiger partial charge in [-0.3, -0.25) is 0 Å². The molecule has 0 amide bonds. The Balaban J connectivity index is 2.88. The maximum absolute atomic E-state index is 13.3. The lowest BCUT2D eigenvalue weighted by molar-refractivity contribution is 0.622. The number of hydrogen-bond donors (Lipinski definition) is 1. The molecule has 0 atom stereocenters. The highest BCUT2D eigenvalue weighted by atomic mass is 19.1. The molecule has 0 spiro atoms. The molecule has 0 bridgehead atoms. The first-order valence-electron chi connectivity index (χ1n) is 4.41. The summed E-state index contributed by atoms with van der Waals surface area (Å²) in [5.74, 6) is -0.254. The van der Waals surface area contributed by atoms with Crippen molar-refractivity contribution in [3.8, 4) is 0 Å². The van der Waals surface area contributed by atoms with Gasteiger partial charge in [0, 0.05) is 19.3 Å². The predicted molar refractivity (Wildman–Crippen MR) is 54.4 cm³/mol. The minimum Gasteiger partial charge on any atom is -0.399 e. The van der Waals surface area contributed by atoms with Crippen molar-refractivity contribution >= 4 is 11.4 Å². The van der Waals surface area contributed by atoms with E-state index in [2.05, 4.69) is 6.92 Å². The van der Waals surface area contributed by atoms with Crippen LogP contribution in [0.4, 0.5) is 15.8 Å². The first-order chi connectivity index (χ1) is 6.15. The van der Waals surface area contributed by atoms with Crippen LogP contribution in [0, 0.1) is 5.82 Å². The molecule has 2 N–H and O–H groups in total. The highest BCUT2D eigenvalue weighted by Gasteiger charge is 2.05. The Kier molecular flexibility index (Phi) is 3.12. The van der Waals surface area contributed by atoms with Crippen LogP contribution in [0.25, 0.3) is 0 Å². The summed E-state index contributed by atoms with van der Waals surface area (Å²) in [6.07, 6.45) is 1.00. The molecule has 0 unspecified atom stereocenters. The third kappa shape index (κ3) is 2.34. The van der Waals surface area contributed by atoms with Gasteiger partial charge in [0.1, 0.15) is 5.82 Å². The van der Waals surface area contributed by atoms with Crippen molar-refractivity contribution in [1.82, 2.24) is 0 Å². The van der Waals surface area contributed by atoms with Crippen LogP contribution in [-0.4, -0.2) is 13.6 Å². The van der Waals surface area contributed by atoms with Gasteiger partial charge < -0.3 is 10.6 Å². The van der Waals surface area contributed by atoms with E-state index in [1.807, 2.05) is 11.9 Å². The second-order valence-electron chi connectivity index (χ2n) is 3.13. The standard InChI is InChI=1S/C10H15FN2/c1-3-6-13(2)10-5-4-8(12)7-9(10)11/h4-5,7H,3,6,12H2,1-2H3. The van der Waals surface area contributed by atoms with Crippen molar-refractivity contribution < 1.29 is 4.39 Å². The van der Waals surface area contributed by atoms with E-state index in [1.54, 1.807) is 12.1 Å². The van der Waals surface area contributed by atoms with Gasteiger partial charge in [-0.2, -0.15) is 0 Å². The van der Waals surface area contributed by atoms with Gasteiger partial charge in [-0.05, 0) is 24.6 Å². The molecular weight excluding hydrogens is 167 g/mol. The van der Waals surface area contributed by atoms with Gasteiger partial charge in [-0.25, -0.2) is 4.39 Å². The predicted octanol–water partition coefficient (Wildman–Crippen LogP) is 2.25. The van der Waals surface area contributed by atoms with E-state index in [0.717, 1.165) is 13.0 Å². The second kappa shape index (κ2) is 4.12. The van der Waals surface area contributed by atoms with E-state index < -0.39 is 0 Å². The zero-order valence-electron chi connectivity index (χ0n) is 8.05. The van der Waals surface area contributed by atoms with Crippen LogP contribution < -0.4 is 10.6 Å². The lowest BCUT2D eigenvalue weighted by Crippen LogP contribution is -2.18. The zero-order valence-corrected chi connectivity index (χ0v) is 8.05. The summed E-state index contributed by atoms with van der Waals surface area (Å²) in [6.45, 7) is 2.91. The van der Waals surface area contributed by atoms with Gasteiger partial charge in [0.05, 0.1) is 5.69 Å². The van der Waals surface area contributed by atoms with Crippen molar-refractivity contribution in [3.05, 3.63) is 24.0 Å². The van der Waals surface area contributed by atoms with Gasteiger partial charge in [0.2, 0.25) is 0 Å². The van der Waals surface area contributed by atoms with Crippen molar-refractivity contribution in [3.63, 3.8) is 0 Å². The molecule has 0 aliphatic rings. The molecule has 0 saturated heterocycles. The van der Waals surface area contributed by atoms with Gasteiger partial charge >= 0.3 is 0 Å². The van der Waals surface area contributed by atoms with Gasteiger partial charge in [-0.15, -0.1) is 0 Å². The highest BCUT2D eigenvalue weighted by molar-refractivity contribution is 5.53. The molecule has 0 radical (unpaired) electrons. The molecule has 0 aromatic heterocycles. The summed E-state index contributed by atoms with van der Waals surface area (Å²) in [6, 6.07) is 4.77. The topological polar surface area (TPSA) is 29.3 Å². The smallest absolute Gasteiger partial charge is 0.148 e. The molecule has 0 aliphatic carbocycles. The second-order valence-corrected chi connectivity index (χ2v) is 3.13. The van der Waals surface area contributed by atoms with Crippen LogP contribution in [0.2, 0.25) is 0 Å². The van der Waals surface area contributed by atoms with Gasteiger partial charge in [0.25, 0.3) is 0 Å². The number of nitrogen functional groups attached to an aromatic ring is 1. The average molecular weight is 182 g/mol. The summed E-state index contributed by atoms with van der Waals surface area (Å²) in [7, 11) is 1.87. The summed E-state index contributed by atoms with van der Waals surface area (Å²) in [4.78, 5) is 1.88. The van der Waals surface area contributed by atoms with E-state index in [9.17, 15) is 4.39 Å². The molecule has 0 heterocycles. The number of rotatable bonds is 3. The van der Waals surface area contributed by atoms with Gasteiger partial charge in [-0.1, -0.05) is 6.92 Å². The molecular formula is C10H15FN2. The first kappa shape index (κ1) is 9.84. The summed E-state index contributed by atoms with van der Waals surface area (Å²) in [5.41, 5.74) is 6.51. The molecule has 2 nitrogen and oxygen atoms in total. The third-order valence-electron chi connectivity index (χ3n) is 1.94. The highest BCUT2D eigenvalue weighted by Crippen LogP contribution is 2.20. The fourth-order valence-electron chi connectivity index (χ4n) is 1.29. The normalized spacial score (nSPS) is 10.1. The van der Waals surface area contributed by atoms with Crippen molar-refractivity contribution in [2.75, 3.05) is 24.2 Å². The molecule has 1 aromatic rings. The lowest BCUT2D eigenvalue weighted by Gasteiger charge is -2.18. The number of hydrogen-bond acceptors (Lipinski definition) is 2. The van der Waals surface area contributed by atoms with Crippen molar-refractivity contribution in [2.45, 2.75) is 13.3 Å². The molecule has 1 rings (SSSR count). The fraction of sp³-hybridized carbons (Fsp3) is 0.400. The number of nitrogens with zero attached hydrogens (tertiary/aromatic N) is 1. The van der Waals surface area contributed by atoms with Crippen LogP contribution in [0.1, 0.15) is 13.3 Å².